The first-order chi connectivity index (χ1) is 20.6. The number of nitrogens with zero attached hydrogens (tertiary/aromatic N) is 1. The molecule has 0 fully saturated rings. The highest BCUT2D eigenvalue weighted by Crippen LogP contribution is 2.45. The van der Waals surface area contributed by atoms with Crippen LogP contribution in [0.4, 0.5) is 0 Å². The molecule has 0 aromatic heterocycles. The third-order valence-electron chi connectivity index (χ3n) is 7.90. The van der Waals surface area contributed by atoms with Crippen LogP contribution in [-0.4, -0.2) is 27.4 Å². The summed E-state index contributed by atoms with van der Waals surface area (Å²) in [5.74, 6) is 0.941. The van der Waals surface area contributed by atoms with Crippen LogP contribution in [0.2, 0.25) is 0 Å². The van der Waals surface area contributed by atoms with Crippen LogP contribution in [0.25, 0.3) is 0 Å². The Kier molecular flexibility index (Phi) is 10.3. The van der Waals surface area contributed by atoms with E-state index in [9.17, 15) is 4.21 Å². The van der Waals surface area contributed by atoms with Crippen molar-refractivity contribution in [1.29, 1.82) is 0 Å². The van der Waals surface area contributed by atoms with Gasteiger partial charge in [-0.2, -0.15) is 0 Å². The van der Waals surface area contributed by atoms with Gasteiger partial charge in [-0.25, -0.2) is 8.51 Å². The summed E-state index contributed by atoms with van der Waals surface area (Å²) in [6.45, 7) is 19.6. The van der Waals surface area contributed by atoms with Crippen LogP contribution in [0.15, 0.2) is 97.1 Å². The molecule has 2 atom stereocenters. The highest BCUT2D eigenvalue weighted by molar-refractivity contribution is 7.84. The minimum atomic E-state index is -1.28. The van der Waals surface area contributed by atoms with E-state index >= 15 is 0 Å². The maximum atomic E-state index is 14.3. The van der Waals surface area contributed by atoms with Crippen molar-refractivity contribution in [1.82, 2.24) is 4.31 Å². The highest BCUT2D eigenvalue weighted by atomic mass is 32.2. The Bertz CT molecular complexity index is 1510. The lowest BCUT2D eigenvalue weighted by atomic mass is 9.77. The number of hydrogen-bond donors (Lipinski definition) is 0. The molecule has 234 valence electrons. The predicted molar refractivity (Wildman–Crippen MR) is 193 cm³/mol. The molecule has 0 saturated heterocycles. The summed E-state index contributed by atoms with van der Waals surface area (Å²) in [5, 5.41) is 3.85. The Morgan fingerprint density at radius 1 is 0.682 bits per heavy atom. The van der Waals surface area contributed by atoms with Gasteiger partial charge in [0.05, 0.1) is 17.9 Å². The summed E-state index contributed by atoms with van der Waals surface area (Å²) in [5.41, 5.74) is 4.31. The topological polar surface area (TPSA) is 29.5 Å². The Labute approximate surface area is 270 Å². The molecule has 0 saturated carbocycles. The molecule has 0 aliphatic carbocycles. The van der Waals surface area contributed by atoms with Crippen molar-refractivity contribution in [3.8, 4) is 5.75 Å². The van der Waals surface area contributed by atoms with E-state index in [1.165, 1.54) is 21.5 Å². The zero-order chi connectivity index (χ0) is 32.4. The highest BCUT2D eigenvalue weighted by Gasteiger charge is 2.36. The number of ether oxygens (including phenoxy) is 1. The fourth-order valence-electron chi connectivity index (χ4n) is 5.76. The van der Waals surface area contributed by atoms with Gasteiger partial charge >= 0.3 is 0 Å². The van der Waals surface area contributed by atoms with E-state index < -0.39 is 23.7 Å². The van der Waals surface area contributed by atoms with E-state index in [-0.39, 0.29) is 16.9 Å². The molecule has 0 aliphatic rings. The van der Waals surface area contributed by atoms with Crippen LogP contribution >= 0.6 is 7.92 Å². The number of rotatable bonds is 8. The Morgan fingerprint density at radius 3 is 1.52 bits per heavy atom. The molecule has 1 unspecified atom stereocenters. The second-order valence-electron chi connectivity index (χ2n) is 14.5. The summed E-state index contributed by atoms with van der Waals surface area (Å²) in [6.07, 6.45) is 0. The lowest BCUT2D eigenvalue weighted by Gasteiger charge is -2.37. The first kappa shape index (κ1) is 34.1. The third-order valence-corrected chi connectivity index (χ3v) is 12.2. The maximum Gasteiger partial charge on any atom is 0.126 e. The molecule has 0 bridgehead atoms. The predicted octanol–water partition coefficient (Wildman–Crippen LogP) is 8.53. The monoisotopic (exact) mass is 627 g/mol. The second-order valence-corrected chi connectivity index (χ2v) is 19.0. The van der Waals surface area contributed by atoms with Crippen molar-refractivity contribution in [2.45, 2.75) is 83.9 Å². The fraction of sp³-hybridized carbons (Fsp3) is 0.385. The number of hydrogen-bond acceptors (Lipinski definition) is 2. The summed E-state index contributed by atoms with van der Waals surface area (Å²) < 4.78 is 22.1. The molecule has 3 nitrogen and oxygen atoms in total. The molecule has 5 heteroatoms. The van der Waals surface area contributed by atoms with Crippen molar-refractivity contribution in [2.24, 2.45) is 0 Å². The van der Waals surface area contributed by atoms with E-state index in [1.807, 2.05) is 7.05 Å². The zero-order valence-electron chi connectivity index (χ0n) is 28.4. The largest absolute Gasteiger partial charge is 0.496 e. The van der Waals surface area contributed by atoms with Gasteiger partial charge in [-0.1, -0.05) is 126 Å². The molecule has 0 N–H and O–H groups in total. The molecule has 0 heterocycles. The molecule has 4 rings (SSSR count). The van der Waals surface area contributed by atoms with Gasteiger partial charge in [-0.3, -0.25) is 0 Å². The van der Waals surface area contributed by atoms with Gasteiger partial charge in [0.25, 0.3) is 0 Å². The quantitative estimate of drug-likeness (QED) is 0.183. The second kappa shape index (κ2) is 13.3. The van der Waals surface area contributed by atoms with Gasteiger partial charge in [0, 0.05) is 18.2 Å². The molecular weight excluding hydrogens is 577 g/mol. The smallest absolute Gasteiger partial charge is 0.126 e. The van der Waals surface area contributed by atoms with Crippen LogP contribution in [0.5, 0.6) is 5.75 Å². The lowest BCUT2D eigenvalue weighted by molar-refractivity contribution is 0.379. The van der Waals surface area contributed by atoms with Gasteiger partial charge < -0.3 is 4.74 Å². The first-order valence-corrected chi connectivity index (χ1v) is 17.9. The van der Waals surface area contributed by atoms with Crippen LogP contribution in [0.3, 0.4) is 0 Å². The summed E-state index contributed by atoms with van der Waals surface area (Å²) in [6, 6.07) is 34.8. The Balaban J connectivity index is 2.11. The fourth-order valence-corrected chi connectivity index (χ4v) is 9.54. The zero-order valence-corrected chi connectivity index (χ0v) is 30.1. The van der Waals surface area contributed by atoms with Gasteiger partial charge in [0.2, 0.25) is 0 Å². The standard InChI is InChI=1S/C39H50NO2PS/c1-37(2,3)32-26-28(27-33(36(32)42-11)38(4,5)6)35(40(10)44(41)39(7,8)9)31-24-18-19-25-34(31)43(29-20-14-12-15-21-29)30-22-16-13-17-23-30/h12-27,35H,1-11H3/t35-,44?/m0/s1. The Hall–Kier alpha value is -2.78. The van der Waals surface area contributed by atoms with Crippen LogP contribution in [0, 0.1) is 0 Å². The van der Waals surface area contributed by atoms with E-state index in [0.717, 1.165) is 22.4 Å². The van der Waals surface area contributed by atoms with Gasteiger partial charge in [-0.05, 0) is 78.7 Å². The Morgan fingerprint density at radius 2 is 1.11 bits per heavy atom. The molecule has 0 amide bonds. The van der Waals surface area contributed by atoms with Crippen LogP contribution in [0.1, 0.15) is 90.6 Å². The van der Waals surface area contributed by atoms with E-state index in [1.54, 1.807) is 7.11 Å². The molecule has 0 aliphatic heterocycles. The summed E-state index contributed by atoms with van der Waals surface area (Å²) in [7, 11) is 1.64. The maximum absolute atomic E-state index is 14.3. The van der Waals surface area contributed by atoms with E-state index in [4.69, 9.17) is 4.74 Å². The minimum Gasteiger partial charge on any atom is -0.496 e. The number of benzene rings is 4. The van der Waals surface area contributed by atoms with Crippen LogP contribution < -0.4 is 20.7 Å². The molecule has 4 aromatic rings. The van der Waals surface area contributed by atoms with Crippen molar-refractivity contribution in [2.75, 3.05) is 14.2 Å². The summed E-state index contributed by atoms with van der Waals surface area (Å²) in [4.78, 5) is 0. The molecule has 4 aromatic carbocycles. The minimum absolute atomic E-state index is 0.159. The third kappa shape index (κ3) is 7.36. The van der Waals surface area contributed by atoms with Crippen molar-refractivity contribution in [3.63, 3.8) is 0 Å². The average molecular weight is 628 g/mol. The lowest BCUT2D eigenvalue weighted by Crippen LogP contribution is -2.40. The van der Waals surface area contributed by atoms with Crippen molar-refractivity contribution < 1.29 is 8.95 Å². The normalized spacial score (nSPS) is 14.1. The van der Waals surface area contributed by atoms with Gasteiger partial charge in [0.1, 0.15) is 16.7 Å². The van der Waals surface area contributed by atoms with Crippen molar-refractivity contribution >= 4 is 34.8 Å². The summed E-state index contributed by atoms with van der Waals surface area (Å²) >= 11 is 0. The van der Waals surface area contributed by atoms with Gasteiger partial charge in [-0.15, -0.1) is 0 Å². The number of methoxy groups -OCH3 is 1. The molecular formula is C39H50NO2PS. The average Bonchev–Trinajstić information content (AvgIpc) is 2.97. The van der Waals surface area contributed by atoms with Gasteiger partial charge in [0.15, 0.2) is 0 Å². The molecule has 0 spiro atoms. The van der Waals surface area contributed by atoms with E-state index in [0.29, 0.717) is 0 Å². The van der Waals surface area contributed by atoms with E-state index in [2.05, 4.69) is 164 Å². The molecule has 44 heavy (non-hydrogen) atoms. The van der Waals surface area contributed by atoms with Crippen LogP contribution in [-0.2, 0) is 21.8 Å². The molecule has 0 radical (unpaired) electrons. The van der Waals surface area contributed by atoms with Crippen molar-refractivity contribution in [3.05, 3.63) is 119 Å². The SMILES string of the molecule is COc1c(C(C)(C)C)cc([C@@H](c2ccccc2P(c2ccccc2)c2ccccc2)N(C)S(=O)C(C)(C)C)cc1C(C)(C)C. The first-order valence-electron chi connectivity index (χ1n) is 15.4.